The number of phenolic OH excluding ortho intramolecular Hbond substituents is 1. The number of piperidine rings is 1. The van der Waals surface area contributed by atoms with Crippen molar-refractivity contribution in [3.8, 4) is 17.0 Å². The van der Waals surface area contributed by atoms with Crippen molar-refractivity contribution in [1.82, 2.24) is 10.3 Å². The van der Waals surface area contributed by atoms with Crippen molar-refractivity contribution in [2.45, 2.75) is 18.8 Å². The zero-order valence-corrected chi connectivity index (χ0v) is 13.8. The van der Waals surface area contributed by atoms with Gasteiger partial charge in [-0.05, 0) is 49.1 Å². The number of hydrogen-bond acceptors (Lipinski definition) is 5. The van der Waals surface area contributed by atoms with Crippen LogP contribution >= 0.6 is 12.4 Å². The largest absolute Gasteiger partial charge is 0.507 e. The van der Waals surface area contributed by atoms with Gasteiger partial charge in [-0.25, -0.2) is 9.78 Å². The van der Waals surface area contributed by atoms with Gasteiger partial charge in [0, 0.05) is 12.1 Å². The first kappa shape index (κ1) is 18.0. The fraction of sp³-hybridized carbons (Fsp3) is 0.294. The number of halogens is 1. The molecule has 1 aromatic heterocycles. The van der Waals surface area contributed by atoms with Gasteiger partial charge in [-0.15, -0.1) is 12.4 Å². The number of para-hydroxylation sites is 1. The van der Waals surface area contributed by atoms with E-state index in [0.717, 1.165) is 19.4 Å². The van der Waals surface area contributed by atoms with Gasteiger partial charge in [-0.2, -0.15) is 0 Å². The van der Waals surface area contributed by atoms with E-state index in [1.165, 1.54) is 0 Å². The van der Waals surface area contributed by atoms with Crippen molar-refractivity contribution in [2.75, 3.05) is 18.8 Å². The van der Waals surface area contributed by atoms with Crippen LogP contribution in [-0.2, 0) is 0 Å². The maximum atomic E-state index is 11.6. The van der Waals surface area contributed by atoms with Gasteiger partial charge in [-0.1, -0.05) is 12.1 Å². The highest BCUT2D eigenvalue weighted by Crippen LogP contribution is 2.34. The predicted molar refractivity (Wildman–Crippen MR) is 94.8 cm³/mol. The van der Waals surface area contributed by atoms with Crippen LogP contribution < -0.4 is 11.1 Å². The number of aromatic hydroxyl groups is 1. The number of pyridine rings is 1. The van der Waals surface area contributed by atoms with E-state index in [-0.39, 0.29) is 35.5 Å². The van der Waals surface area contributed by atoms with Crippen LogP contribution in [-0.4, -0.2) is 34.3 Å². The van der Waals surface area contributed by atoms with E-state index < -0.39 is 5.97 Å². The number of aromatic nitrogens is 1. The molecular formula is C17H20ClN3O3. The number of carboxylic acid groups (broad SMARTS) is 1. The third kappa shape index (κ3) is 3.44. The molecule has 3 rings (SSSR count). The molecule has 1 aliphatic rings. The molecule has 0 amide bonds. The molecule has 0 radical (unpaired) electrons. The Balaban J connectivity index is 0.00000208. The molecule has 128 valence electrons. The molecule has 1 saturated heterocycles. The maximum Gasteiger partial charge on any atom is 0.339 e. The van der Waals surface area contributed by atoms with Crippen molar-refractivity contribution in [3.05, 3.63) is 41.5 Å². The summed E-state index contributed by atoms with van der Waals surface area (Å²) < 4.78 is 0. The number of hydrogen-bond donors (Lipinski definition) is 4. The SMILES string of the molecule is Cl.Nc1nc(-c2ccccc2O)cc(C2CCCNC2)c1C(=O)O. The molecule has 1 aliphatic heterocycles. The average molecular weight is 350 g/mol. The first-order valence-electron chi connectivity index (χ1n) is 7.60. The number of carboxylic acids is 1. The molecule has 24 heavy (non-hydrogen) atoms. The summed E-state index contributed by atoms with van der Waals surface area (Å²) in [7, 11) is 0. The van der Waals surface area contributed by atoms with Crippen molar-refractivity contribution in [3.63, 3.8) is 0 Å². The molecule has 0 saturated carbocycles. The van der Waals surface area contributed by atoms with E-state index in [1.807, 2.05) is 0 Å². The van der Waals surface area contributed by atoms with Crippen molar-refractivity contribution in [1.29, 1.82) is 0 Å². The summed E-state index contributed by atoms with van der Waals surface area (Å²) in [4.78, 5) is 15.8. The van der Waals surface area contributed by atoms with Crippen LogP contribution in [0.2, 0.25) is 0 Å². The van der Waals surface area contributed by atoms with Crippen LogP contribution in [0.15, 0.2) is 30.3 Å². The van der Waals surface area contributed by atoms with E-state index in [9.17, 15) is 15.0 Å². The first-order chi connectivity index (χ1) is 11.1. The van der Waals surface area contributed by atoms with Gasteiger partial charge in [0.05, 0.1) is 5.69 Å². The van der Waals surface area contributed by atoms with Gasteiger partial charge >= 0.3 is 5.97 Å². The molecule has 0 bridgehead atoms. The number of anilines is 1. The number of carbonyl (C=O) groups is 1. The Morgan fingerprint density at radius 1 is 1.33 bits per heavy atom. The number of nitrogens with zero attached hydrogens (tertiary/aromatic N) is 1. The smallest absolute Gasteiger partial charge is 0.339 e. The van der Waals surface area contributed by atoms with Gasteiger partial charge in [0.25, 0.3) is 0 Å². The molecule has 0 aliphatic carbocycles. The molecule has 1 unspecified atom stereocenters. The second-order valence-electron chi connectivity index (χ2n) is 5.72. The van der Waals surface area contributed by atoms with E-state index in [4.69, 9.17) is 5.73 Å². The molecule has 1 fully saturated rings. The molecule has 7 heteroatoms. The van der Waals surface area contributed by atoms with Crippen molar-refractivity contribution in [2.24, 2.45) is 0 Å². The average Bonchev–Trinajstić information content (AvgIpc) is 2.55. The highest BCUT2D eigenvalue weighted by Gasteiger charge is 2.25. The fourth-order valence-corrected chi connectivity index (χ4v) is 3.09. The van der Waals surface area contributed by atoms with Gasteiger partial charge in [0.2, 0.25) is 0 Å². The fourth-order valence-electron chi connectivity index (χ4n) is 3.09. The lowest BCUT2D eigenvalue weighted by Gasteiger charge is -2.25. The molecule has 0 spiro atoms. The number of nitrogen functional groups attached to an aromatic ring is 1. The van der Waals surface area contributed by atoms with Crippen LogP contribution in [0.4, 0.5) is 5.82 Å². The lowest BCUT2D eigenvalue weighted by atomic mass is 9.87. The topological polar surface area (TPSA) is 108 Å². The Morgan fingerprint density at radius 3 is 2.71 bits per heavy atom. The summed E-state index contributed by atoms with van der Waals surface area (Å²) in [5.41, 5.74) is 7.70. The van der Waals surface area contributed by atoms with E-state index in [1.54, 1.807) is 30.3 Å². The number of phenols is 1. The molecule has 1 atom stereocenters. The number of benzene rings is 1. The standard InChI is InChI=1S/C17H19N3O3.ClH/c18-16-15(17(22)23)12(10-4-3-7-19-9-10)8-13(20-16)11-5-1-2-6-14(11)21;/h1-2,5-6,8,10,19,21H,3-4,7,9H2,(H2,18,20)(H,22,23);1H. The maximum absolute atomic E-state index is 11.6. The summed E-state index contributed by atoms with van der Waals surface area (Å²) in [6.07, 6.45) is 1.88. The normalized spacial score (nSPS) is 17.1. The van der Waals surface area contributed by atoms with E-state index >= 15 is 0 Å². The number of aromatic carboxylic acids is 1. The van der Waals surface area contributed by atoms with Crippen LogP contribution in [0.1, 0.15) is 34.7 Å². The highest BCUT2D eigenvalue weighted by atomic mass is 35.5. The predicted octanol–water partition coefficient (Wildman–Crippen LogP) is 2.62. The Labute approximate surface area is 146 Å². The van der Waals surface area contributed by atoms with Gasteiger partial charge in [-0.3, -0.25) is 0 Å². The third-order valence-electron chi connectivity index (χ3n) is 4.21. The summed E-state index contributed by atoms with van der Waals surface area (Å²) >= 11 is 0. The second kappa shape index (κ2) is 7.51. The Bertz CT molecular complexity index is 746. The van der Waals surface area contributed by atoms with Crippen LogP contribution in [0.25, 0.3) is 11.3 Å². The zero-order valence-electron chi connectivity index (χ0n) is 13.0. The summed E-state index contributed by atoms with van der Waals surface area (Å²) in [5.74, 6) is -0.918. The summed E-state index contributed by atoms with van der Waals surface area (Å²) in [6.45, 7) is 1.65. The lowest BCUT2D eigenvalue weighted by Crippen LogP contribution is -2.29. The second-order valence-corrected chi connectivity index (χ2v) is 5.72. The summed E-state index contributed by atoms with van der Waals surface area (Å²) in [5, 5.41) is 22.8. The minimum Gasteiger partial charge on any atom is -0.507 e. The number of nitrogens with one attached hydrogen (secondary N) is 1. The zero-order chi connectivity index (χ0) is 16.4. The minimum atomic E-state index is -1.07. The van der Waals surface area contributed by atoms with E-state index in [2.05, 4.69) is 10.3 Å². The van der Waals surface area contributed by atoms with Crippen molar-refractivity contribution >= 4 is 24.2 Å². The first-order valence-corrected chi connectivity index (χ1v) is 7.60. The van der Waals surface area contributed by atoms with Gasteiger partial charge in [0.1, 0.15) is 17.1 Å². The highest BCUT2D eigenvalue weighted by molar-refractivity contribution is 5.95. The van der Waals surface area contributed by atoms with E-state index in [0.29, 0.717) is 23.4 Å². The molecule has 1 aromatic carbocycles. The van der Waals surface area contributed by atoms with Crippen LogP contribution in [0.3, 0.4) is 0 Å². The van der Waals surface area contributed by atoms with Crippen molar-refractivity contribution < 1.29 is 15.0 Å². The molecule has 2 heterocycles. The Hall–Kier alpha value is -2.31. The monoisotopic (exact) mass is 349 g/mol. The molecule has 6 nitrogen and oxygen atoms in total. The minimum absolute atomic E-state index is 0. The number of nitrogens with two attached hydrogens (primary N) is 1. The number of rotatable bonds is 3. The Morgan fingerprint density at radius 2 is 2.08 bits per heavy atom. The van der Waals surface area contributed by atoms with Crippen LogP contribution in [0.5, 0.6) is 5.75 Å². The lowest BCUT2D eigenvalue weighted by molar-refractivity contribution is 0.0695. The Kier molecular flexibility index (Phi) is 5.64. The molecule has 5 N–H and O–H groups in total. The van der Waals surface area contributed by atoms with Gasteiger partial charge < -0.3 is 21.3 Å². The van der Waals surface area contributed by atoms with Gasteiger partial charge in [0.15, 0.2) is 0 Å². The third-order valence-corrected chi connectivity index (χ3v) is 4.21. The molecule has 2 aromatic rings. The quantitative estimate of drug-likeness (QED) is 0.678. The summed E-state index contributed by atoms with van der Waals surface area (Å²) in [6, 6.07) is 8.56. The van der Waals surface area contributed by atoms with Crippen LogP contribution in [0, 0.1) is 0 Å². The molecular weight excluding hydrogens is 330 g/mol.